The molecule has 2 aliphatic rings. The largest absolute Gasteiger partial charge is 0.437 e. The van der Waals surface area contributed by atoms with Crippen LogP contribution in [0.5, 0.6) is 0 Å². The lowest BCUT2D eigenvalue weighted by atomic mass is 9.70. The molecule has 0 unspecified atom stereocenters. The summed E-state index contributed by atoms with van der Waals surface area (Å²) in [6.07, 6.45) is 1.84. The Kier molecular flexibility index (Phi) is 8.35. The number of anilines is 6. The van der Waals surface area contributed by atoms with E-state index < -0.39 is 5.41 Å². The van der Waals surface area contributed by atoms with Crippen molar-refractivity contribution < 1.29 is 4.42 Å². The minimum atomic E-state index is -0.724. The molecule has 2 heterocycles. The highest BCUT2D eigenvalue weighted by molar-refractivity contribution is 6.23. The van der Waals surface area contributed by atoms with Crippen LogP contribution < -0.4 is 9.80 Å². The van der Waals surface area contributed by atoms with Gasteiger partial charge in [0.2, 0.25) is 5.71 Å². The molecule has 0 saturated heterocycles. The van der Waals surface area contributed by atoms with Crippen LogP contribution in [0.15, 0.2) is 205 Å². The third-order valence-electron chi connectivity index (χ3n) is 14.4. The monoisotopic (exact) mass is 847 g/mol. The minimum Gasteiger partial charge on any atom is -0.437 e. The lowest BCUT2D eigenvalue weighted by molar-refractivity contribution is 0.654. The fourth-order valence-corrected chi connectivity index (χ4v) is 11.6. The molecule has 1 spiro atoms. The van der Waals surface area contributed by atoms with Crippen molar-refractivity contribution in [1.82, 2.24) is 4.98 Å². The van der Waals surface area contributed by atoms with Crippen LogP contribution in [-0.2, 0) is 5.41 Å². The highest BCUT2D eigenvalue weighted by Gasteiger charge is 2.54. The van der Waals surface area contributed by atoms with Crippen LogP contribution in [0, 0.1) is 27.7 Å². The van der Waals surface area contributed by atoms with Crippen molar-refractivity contribution in [3.8, 4) is 22.3 Å². The molecular formula is C62H45N3O. The van der Waals surface area contributed by atoms with E-state index in [2.05, 4.69) is 226 Å². The average molecular weight is 848 g/mol. The van der Waals surface area contributed by atoms with Crippen LogP contribution in [0.1, 0.15) is 44.5 Å². The zero-order valence-electron chi connectivity index (χ0n) is 37.3. The van der Waals surface area contributed by atoms with Crippen molar-refractivity contribution >= 4 is 67.0 Å². The van der Waals surface area contributed by atoms with Gasteiger partial charge in [-0.05, 0) is 143 Å². The van der Waals surface area contributed by atoms with Gasteiger partial charge in [0.25, 0.3) is 0 Å². The molecule has 314 valence electrons. The highest BCUT2D eigenvalue weighted by atomic mass is 16.3. The van der Waals surface area contributed by atoms with Gasteiger partial charge >= 0.3 is 0 Å². The molecule has 9 aromatic carbocycles. The molecule has 0 N–H and O–H groups in total. The van der Waals surface area contributed by atoms with Gasteiger partial charge in [0, 0.05) is 39.9 Å². The topological polar surface area (TPSA) is 32.5 Å². The molecule has 11 aromatic rings. The van der Waals surface area contributed by atoms with Crippen molar-refractivity contribution in [3.63, 3.8) is 0 Å². The number of hydrogen-bond donors (Lipinski definition) is 0. The fraction of sp³-hybridized carbons (Fsp3) is 0.0806. The van der Waals surface area contributed by atoms with Crippen molar-refractivity contribution in [2.24, 2.45) is 0 Å². The molecule has 0 amide bonds. The second-order valence-electron chi connectivity index (χ2n) is 18.0. The first-order valence-electron chi connectivity index (χ1n) is 22.9. The Morgan fingerprint density at radius 3 is 1.35 bits per heavy atom. The Labute approximate surface area is 384 Å². The van der Waals surface area contributed by atoms with E-state index in [1.807, 2.05) is 12.3 Å². The van der Waals surface area contributed by atoms with Gasteiger partial charge < -0.3 is 14.2 Å². The molecule has 2 aromatic heterocycles. The molecule has 4 nitrogen and oxygen atoms in total. The molecular weight excluding hydrogens is 803 g/mol. The maximum atomic E-state index is 7.30. The number of fused-ring (bicyclic) bond motifs is 16. The van der Waals surface area contributed by atoms with Crippen molar-refractivity contribution in [2.75, 3.05) is 9.80 Å². The number of benzene rings is 9. The van der Waals surface area contributed by atoms with Gasteiger partial charge in [-0.2, -0.15) is 0 Å². The number of furan rings is 1. The van der Waals surface area contributed by atoms with E-state index in [1.54, 1.807) is 0 Å². The summed E-state index contributed by atoms with van der Waals surface area (Å²) in [6, 6.07) is 71.5. The van der Waals surface area contributed by atoms with Crippen molar-refractivity contribution in [2.45, 2.75) is 33.1 Å². The van der Waals surface area contributed by atoms with Gasteiger partial charge in [0.05, 0.1) is 27.6 Å². The van der Waals surface area contributed by atoms with Crippen molar-refractivity contribution in [3.05, 3.63) is 245 Å². The van der Waals surface area contributed by atoms with Crippen LogP contribution in [0.2, 0.25) is 0 Å². The summed E-state index contributed by atoms with van der Waals surface area (Å²) in [5, 5.41) is 4.37. The van der Waals surface area contributed by atoms with Crippen LogP contribution in [-0.4, -0.2) is 4.98 Å². The summed E-state index contributed by atoms with van der Waals surface area (Å²) < 4.78 is 7.30. The minimum absolute atomic E-state index is 0.623. The lowest BCUT2D eigenvalue weighted by Crippen LogP contribution is -2.27. The Hall–Kier alpha value is -8.21. The first-order valence-corrected chi connectivity index (χ1v) is 22.9. The smallest absolute Gasteiger partial charge is 0.227 e. The zero-order chi connectivity index (χ0) is 44.3. The lowest BCUT2D eigenvalue weighted by Gasteiger charge is -2.34. The standard InChI is InChI=1S/C62H45N3O/c1-38-20-5-15-31-51(38)64(52-32-16-6-21-39(52)2)55-36-49-57(45-27-10-9-26-44(45)55)59-50(62(49)47-29-13-11-24-42(47)43-25-12-14-30-48(43)62)37-56(58-46-28-19-35-63-61(46)66-60(58)59)65(53-33-17-7-22-40(53)3)54-34-18-8-23-41(54)4/h5-37H,1-4H3. The van der Waals surface area contributed by atoms with Crippen LogP contribution in [0.25, 0.3) is 55.1 Å². The highest BCUT2D eigenvalue weighted by Crippen LogP contribution is 2.67. The summed E-state index contributed by atoms with van der Waals surface area (Å²) in [5.74, 6) is 0. The summed E-state index contributed by atoms with van der Waals surface area (Å²) >= 11 is 0. The first kappa shape index (κ1) is 38.3. The third kappa shape index (κ3) is 5.18. The molecule has 0 atom stereocenters. The number of pyridine rings is 1. The Morgan fingerprint density at radius 2 is 0.803 bits per heavy atom. The van der Waals surface area contributed by atoms with E-state index in [4.69, 9.17) is 9.40 Å². The molecule has 66 heavy (non-hydrogen) atoms. The third-order valence-corrected chi connectivity index (χ3v) is 14.4. The van der Waals surface area contributed by atoms with Gasteiger partial charge in [-0.25, -0.2) is 4.98 Å². The Bertz CT molecular complexity index is 3670. The number of para-hydroxylation sites is 4. The quantitative estimate of drug-likeness (QED) is 0.167. The van der Waals surface area contributed by atoms with Crippen LogP contribution in [0.4, 0.5) is 34.1 Å². The Balaban J connectivity index is 1.26. The van der Waals surface area contributed by atoms with E-state index in [-0.39, 0.29) is 0 Å². The van der Waals surface area contributed by atoms with Crippen LogP contribution >= 0.6 is 0 Å². The van der Waals surface area contributed by atoms with Crippen LogP contribution in [0.3, 0.4) is 0 Å². The van der Waals surface area contributed by atoms with Gasteiger partial charge in [-0.3, -0.25) is 0 Å². The predicted octanol–water partition coefficient (Wildman–Crippen LogP) is 16.7. The second kappa shape index (κ2) is 14.4. The maximum Gasteiger partial charge on any atom is 0.227 e. The van der Waals surface area contributed by atoms with E-state index in [9.17, 15) is 0 Å². The molecule has 4 heteroatoms. The van der Waals surface area contributed by atoms with Gasteiger partial charge in [0.15, 0.2) is 0 Å². The molecule has 0 bridgehead atoms. The molecule has 0 fully saturated rings. The van der Waals surface area contributed by atoms with E-state index in [0.29, 0.717) is 5.71 Å². The fourth-order valence-electron chi connectivity index (χ4n) is 11.6. The molecule has 0 aliphatic heterocycles. The van der Waals surface area contributed by atoms with Gasteiger partial charge in [-0.1, -0.05) is 146 Å². The van der Waals surface area contributed by atoms with Crippen molar-refractivity contribution in [1.29, 1.82) is 0 Å². The van der Waals surface area contributed by atoms with Gasteiger partial charge in [0.1, 0.15) is 5.58 Å². The second-order valence-corrected chi connectivity index (χ2v) is 18.0. The van der Waals surface area contributed by atoms with E-state index >= 15 is 0 Å². The number of nitrogens with zero attached hydrogens (tertiary/aromatic N) is 3. The zero-order valence-corrected chi connectivity index (χ0v) is 37.3. The Morgan fingerprint density at radius 1 is 0.379 bits per heavy atom. The maximum absolute atomic E-state index is 7.30. The number of rotatable bonds is 6. The molecule has 2 aliphatic carbocycles. The summed E-state index contributed by atoms with van der Waals surface area (Å²) in [4.78, 5) is 9.91. The normalized spacial score (nSPS) is 13.0. The molecule has 13 rings (SSSR count). The van der Waals surface area contributed by atoms with E-state index in [0.717, 1.165) is 56.0 Å². The molecule has 0 saturated carbocycles. The predicted molar refractivity (Wildman–Crippen MR) is 274 cm³/mol. The summed E-state index contributed by atoms with van der Waals surface area (Å²) in [5.41, 5.74) is 22.0. The summed E-state index contributed by atoms with van der Waals surface area (Å²) in [6.45, 7) is 8.87. The number of aryl methyl sites for hydroxylation is 4. The van der Waals surface area contributed by atoms with Gasteiger partial charge in [-0.15, -0.1) is 0 Å². The number of aromatic nitrogens is 1. The average Bonchev–Trinajstić information content (AvgIpc) is 3.98. The SMILES string of the molecule is Cc1ccccc1N(c1ccccc1C)c1cc2c(c3ccccc13)-c1c(cc(N(c3ccccc3C)c3ccccc3C)c3c1oc1ncccc13)C21c2ccccc2-c2ccccc21. The molecule has 0 radical (unpaired) electrons. The van der Waals surface area contributed by atoms with E-state index in [1.165, 1.54) is 72.0 Å². The number of hydrogen-bond acceptors (Lipinski definition) is 4. The first-order chi connectivity index (χ1) is 32.4. The summed E-state index contributed by atoms with van der Waals surface area (Å²) in [7, 11) is 0.